The molecule has 0 saturated heterocycles. The fraction of sp³-hybridized carbons (Fsp3) is 0.533. The molecule has 0 saturated carbocycles. The molecule has 0 aromatic heterocycles. The summed E-state index contributed by atoms with van der Waals surface area (Å²) in [5.74, 6) is -0.691. The second kappa shape index (κ2) is 9.92. The van der Waals surface area contributed by atoms with Crippen molar-refractivity contribution >= 4 is 28.3 Å². The predicted octanol–water partition coefficient (Wildman–Crippen LogP) is 2.66. The highest BCUT2D eigenvalue weighted by Crippen LogP contribution is 2.18. The molecular weight excluding hydrogens is 329 g/mol. The third kappa shape index (κ3) is 7.87. The summed E-state index contributed by atoms with van der Waals surface area (Å²) in [6.07, 6.45) is 0.879. The number of hydrogen-bond acceptors (Lipinski definition) is 3. The molecule has 0 heterocycles. The van der Waals surface area contributed by atoms with Crippen LogP contribution in [-0.2, 0) is 26.1 Å². The van der Waals surface area contributed by atoms with E-state index in [9.17, 15) is 13.4 Å². The molecule has 1 aromatic carbocycles. The number of amides is 1. The number of halogens is 2. The van der Waals surface area contributed by atoms with E-state index in [2.05, 4.69) is 5.32 Å². The molecule has 0 unspecified atom stereocenters. The Labute approximate surface area is 137 Å². The van der Waals surface area contributed by atoms with Crippen LogP contribution in [0.3, 0.4) is 0 Å². The van der Waals surface area contributed by atoms with Gasteiger partial charge < -0.3 is 10.1 Å². The largest absolute Gasteiger partial charge is 0.379 e. The van der Waals surface area contributed by atoms with E-state index in [0.29, 0.717) is 25.1 Å². The number of benzene rings is 1. The summed E-state index contributed by atoms with van der Waals surface area (Å²) < 4.78 is 30.2. The molecule has 1 N–H and O–H groups in total. The Hall–Kier alpha value is -0.980. The number of rotatable bonds is 9. The summed E-state index contributed by atoms with van der Waals surface area (Å²) in [5, 5.41) is 2.91. The van der Waals surface area contributed by atoms with Crippen molar-refractivity contribution in [1.29, 1.82) is 0 Å². The lowest BCUT2D eigenvalue weighted by Gasteiger charge is -2.08. The van der Waals surface area contributed by atoms with Gasteiger partial charge in [0.15, 0.2) is 0 Å². The average Bonchev–Trinajstić information content (AvgIpc) is 2.41. The predicted molar refractivity (Wildman–Crippen MR) is 86.8 cm³/mol. The second-order valence-electron chi connectivity index (χ2n) is 5.09. The van der Waals surface area contributed by atoms with Crippen LogP contribution in [-0.4, -0.2) is 35.1 Å². The molecule has 0 aliphatic rings. The molecule has 124 valence electrons. The third-order valence-corrected chi connectivity index (χ3v) is 4.29. The van der Waals surface area contributed by atoms with E-state index in [-0.39, 0.29) is 28.5 Å². The lowest BCUT2D eigenvalue weighted by molar-refractivity contribution is -0.118. The summed E-state index contributed by atoms with van der Waals surface area (Å²) in [6.45, 7) is 4.96. The number of ether oxygens (including phenoxy) is 1. The normalized spacial score (nSPS) is 12.4. The zero-order valence-corrected chi connectivity index (χ0v) is 14.3. The van der Waals surface area contributed by atoms with Crippen LogP contribution in [0.2, 0.25) is 5.02 Å². The van der Waals surface area contributed by atoms with Gasteiger partial charge in [-0.05, 0) is 38.0 Å². The summed E-state index contributed by atoms with van der Waals surface area (Å²) >= 11 is 5.87. The van der Waals surface area contributed by atoms with E-state index in [1.165, 1.54) is 18.2 Å². The van der Waals surface area contributed by atoms with E-state index < -0.39 is 16.6 Å². The zero-order chi connectivity index (χ0) is 16.5. The van der Waals surface area contributed by atoms with Gasteiger partial charge in [0.1, 0.15) is 11.6 Å². The molecule has 0 bridgehead atoms. The highest BCUT2D eigenvalue weighted by atomic mass is 35.5. The Bertz CT molecular complexity index is 526. The summed E-state index contributed by atoms with van der Waals surface area (Å²) in [5.41, 5.74) is 0.569. The van der Waals surface area contributed by atoms with Gasteiger partial charge in [-0.25, -0.2) is 4.39 Å². The van der Waals surface area contributed by atoms with Gasteiger partial charge >= 0.3 is 0 Å². The van der Waals surface area contributed by atoms with Gasteiger partial charge in [-0.2, -0.15) is 0 Å². The first-order valence-corrected chi connectivity index (χ1v) is 8.92. The smallest absolute Gasteiger partial charge is 0.232 e. The molecule has 4 nitrogen and oxygen atoms in total. The Morgan fingerprint density at radius 2 is 2.18 bits per heavy atom. The van der Waals surface area contributed by atoms with Crippen molar-refractivity contribution in [2.45, 2.75) is 32.1 Å². The van der Waals surface area contributed by atoms with Crippen LogP contribution >= 0.6 is 11.6 Å². The second-order valence-corrected chi connectivity index (χ2v) is 6.95. The molecule has 0 aliphatic heterocycles. The Morgan fingerprint density at radius 3 is 2.82 bits per heavy atom. The molecule has 0 radical (unpaired) electrons. The summed E-state index contributed by atoms with van der Waals surface area (Å²) in [7, 11) is -1.38. The van der Waals surface area contributed by atoms with Crippen molar-refractivity contribution in [3.8, 4) is 0 Å². The van der Waals surface area contributed by atoms with Gasteiger partial charge in [-0.15, -0.1) is 0 Å². The van der Waals surface area contributed by atoms with Crippen molar-refractivity contribution in [1.82, 2.24) is 5.32 Å². The van der Waals surface area contributed by atoms with Gasteiger partial charge in [0.2, 0.25) is 5.91 Å². The maximum atomic E-state index is 12.9. The molecule has 22 heavy (non-hydrogen) atoms. The van der Waals surface area contributed by atoms with Gasteiger partial charge in [0.25, 0.3) is 0 Å². The first-order chi connectivity index (χ1) is 10.4. The van der Waals surface area contributed by atoms with Crippen molar-refractivity contribution in [2.75, 3.05) is 18.9 Å². The first kappa shape index (κ1) is 19.1. The Kier molecular flexibility index (Phi) is 8.60. The minimum Gasteiger partial charge on any atom is -0.379 e. The van der Waals surface area contributed by atoms with Crippen molar-refractivity contribution < 1.29 is 18.1 Å². The minimum atomic E-state index is -1.38. The van der Waals surface area contributed by atoms with Crippen LogP contribution in [0.5, 0.6) is 0 Å². The first-order valence-electron chi connectivity index (χ1n) is 7.05. The van der Waals surface area contributed by atoms with Gasteiger partial charge in [0, 0.05) is 29.0 Å². The van der Waals surface area contributed by atoms with Crippen LogP contribution < -0.4 is 5.32 Å². The molecule has 0 fully saturated rings. The quantitative estimate of drug-likeness (QED) is 0.697. The van der Waals surface area contributed by atoms with Crippen LogP contribution in [0.1, 0.15) is 25.8 Å². The molecular formula is C15H21ClFNO3S. The molecule has 7 heteroatoms. The molecule has 1 amide bonds. The van der Waals surface area contributed by atoms with E-state index in [0.717, 1.165) is 0 Å². The Balaban J connectivity index is 2.28. The Morgan fingerprint density at radius 1 is 1.45 bits per heavy atom. The highest BCUT2D eigenvalue weighted by molar-refractivity contribution is 7.84. The molecule has 1 rings (SSSR count). The molecule has 0 spiro atoms. The topological polar surface area (TPSA) is 55.4 Å². The van der Waals surface area contributed by atoms with Gasteiger partial charge in [-0.1, -0.05) is 17.7 Å². The summed E-state index contributed by atoms with van der Waals surface area (Å²) in [6, 6.07) is 3.91. The fourth-order valence-electron chi connectivity index (χ4n) is 1.68. The maximum absolute atomic E-state index is 12.9. The van der Waals surface area contributed by atoms with E-state index in [4.69, 9.17) is 16.3 Å². The average molecular weight is 350 g/mol. The number of carbonyl (C=O) groups excluding carboxylic acids is 1. The van der Waals surface area contributed by atoms with Crippen molar-refractivity contribution in [3.63, 3.8) is 0 Å². The van der Waals surface area contributed by atoms with E-state index in [1.54, 1.807) is 0 Å². The lowest BCUT2D eigenvalue weighted by Crippen LogP contribution is -2.30. The SMILES string of the molecule is CC(C)OCCCNC(=O)C[S@@](=O)Cc1ccc(F)cc1Cl. The van der Waals surface area contributed by atoms with Gasteiger partial charge in [-0.3, -0.25) is 9.00 Å². The number of nitrogens with one attached hydrogen (secondary N) is 1. The van der Waals surface area contributed by atoms with Crippen molar-refractivity contribution in [2.24, 2.45) is 0 Å². The van der Waals surface area contributed by atoms with Crippen LogP contribution in [0.25, 0.3) is 0 Å². The van der Waals surface area contributed by atoms with Crippen LogP contribution in [0.4, 0.5) is 4.39 Å². The van der Waals surface area contributed by atoms with Crippen LogP contribution in [0, 0.1) is 5.82 Å². The van der Waals surface area contributed by atoms with Gasteiger partial charge in [0.05, 0.1) is 11.9 Å². The third-order valence-electron chi connectivity index (χ3n) is 2.72. The van der Waals surface area contributed by atoms with Crippen molar-refractivity contribution in [3.05, 3.63) is 34.6 Å². The monoisotopic (exact) mass is 349 g/mol. The number of hydrogen-bond donors (Lipinski definition) is 1. The van der Waals surface area contributed by atoms with E-state index >= 15 is 0 Å². The van der Waals surface area contributed by atoms with Crippen LogP contribution in [0.15, 0.2) is 18.2 Å². The van der Waals surface area contributed by atoms with E-state index in [1.807, 2.05) is 13.8 Å². The standard InChI is InChI=1S/C15H21ClFNO3S/c1-11(2)21-7-3-6-18-15(19)10-22(20)9-12-4-5-13(17)8-14(12)16/h4-5,8,11H,3,6-7,9-10H2,1-2H3,(H,18,19)/t22-/m0/s1. The number of carbonyl (C=O) groups is 1. The minimum absolute atomic E-state index is 0.0985. The zero-order valence-electron chi connectivity index (χ0n) is 12.7. The molecule has 1 atom stereocenters. The fourth-order valence-corrected chi connectivity index (χ4v) is 3.09. The maximum Gasteiger partial charge on any atom is 0.232 e. The molecule has 1 aromatic rings. The highest BCUT2D eigenvalue weighted by Gasteiger charge is 2.11. The molecule has 0 aliphatic carbocycles. The lowest BCUT2D eigenvalue weighted by atomic mass is 10.2. The summed E-state index contributed by atoms with van der Waals surface area (Å²) in [4.78, 5) is 11.6.